The van der Waals surface area contributed by atoms with Gasteiger partial charge in [0.1, 0.15) is 5.75 Å². The average molecular weight is 251 g/mol. The maximum absolute atomic E-state index is 5.15. The summed E-state index contributed by atoms with van der Waals surface area (Å²) in [7, 11) is 1.68. The van der Waals surface area contributed by atoms with Crippen LogP contribution in [0.5, 0.6) is 5.75 Å². The minimum atomic E-state index is -0.0590. The normalized spacial score (nSPS) is 20.9. The molecule has 0 spiro atoms. The molecule has 0 aromatic heterocycles. The number of nitrogens with zero attached hydrogens (tertiary/aromatic N) is 1. The largest absolute Gasteiger partial charge is 0.497 e. The summed E-state index contributed by atoms with van der Waals surface area (Å²) in [6.45, 7) is 2.19. The van der Waals surface area contributed by atoms with E-state index in [1.54, 1.807) is 7.11 Å². The Morgan fingerprint density at radius 1 is 1.11 bits per heavy atom. The maximum atomic E-state index is 5.15. The van der Waals surface area contributed by atoms with Crippen molar-refractivity contribution in [2.75, 3.05) is 7.11 Å². The van der Waals surface area contributed by atoms with Gasteiger partial charge in [-0.25, -0.2) is 0 Å². The van der Waals surface area contributed by atoms with Crippen molar-refractivity contribution in [3.05, 3.63) is 65.2 Å². The zero-order valence-electron chi connectivity index (χ0n) is 11.3. The van der Waals surface area contributed by atoms with Gasteiger partial charge in [0.25, 0.3) is 0 Å². The summed E-state index contributed by atoms with van der Waals surface area (Å²) in [4.78, 5) is 4.76. The van der Waals surface area contributed by atoms with Crippen LogP contribution in [0, 0.1) is 0 Å². The molecule has 2 heteroatoms. The monoisotopic (exact) mass is 251 g/mol. The first-order valence-electron chi connectivity index (χ1n) is 6.49. The minimum Gasteiger partial charge on any atom is -0.497 e. The summed E-state index contributed by atoms with van der Waals surface area (Å²) in [5.74, 6) is 0.873. The maximum Gasteiger partial charge on any atom is 0.118 e. The summed E-state index contributed by atoms with van der Waals surface area (Å²) < 4.78 is 5.15. The Kier molecular flexibility index (Phi) is 2.86. The molecule has 0 bridgehead atoms. The van der Waals surface area contributed by atoms with Gasteiger partial charge in [0.2, 0.25) is 0 Å². The molecule has 0 heterocycles. The fraction of sp³-hybridized carbons (Fsp3) is 0.235. The molecule has 96 valence electrons. The zero-order chi connectivity index (χ0) is 13.3. The van der Waals surface area contributed by atoms with Crippen molar-refractivity contribution in [1.82, 2.24) is 0 Å². The van der Waals surface area contributed by atoms with Gasteiger partial charge in [0.15, 0.2) is 0 Å². The van der Waals surface area contributed by atoms with Gasteiger partial charge in [-0.3, -0.25) is 4.99 Å². The highest BCUT2D eigenvalue weighted by Gasteiger charge is 2.36. The second-order valence-electron chi connectivity index (χ2n) is 5.14. The van der Waals surface area contributed by atoms with E-state index in [9.17, 15) is 0 Å². The van der Waals surface area contributed by atoms with E-state index in [0.717, 1.165) is 17.7 Å². The molecule has 2 aromatic rings. The van der Waals surface area contributed by atoms with Crippen LogP contribution >= 0.6 is 0 Å². The summed E-state index contributed by atoms with van der Waals surface area (Å²) >= 11 is 0. The Morgan fingerprint density at radius 3 is 2.53 bits per heavy atom. The molecular weight excluding hydrogens is 234 g/mol. The van der Waals surface area contributed by atoms with Crippen LogP contribution in [0.15, 0.2) is 53.5 Å². The number of ether oxygens (including phenoxy) is 1. The van der Waals surface area contributed by atoms with E-state index in [0.29, 0.717) is 0 Å². The van der Waals surface area contributed by atoms with Crippen LogP contribution in [0.3, 0.4) is 0 Å². The predicted octanol–water partition coefficient (Wildman–Crippen LogP) is 3.59. The third-order valence-corrected chi connectivity index (χ3v) is 3.75. The fourth-order valence-corrected chi connectivity index (χ4v) is 2.58. The van der Waals surface area contributed by atoms with Gasteiger partial charge < -0.3 is 4.74 Å². The summed E-state index contributed by atoms with van der Waals surface area (Å²) in [6.07, 6.45) is 2.98. The Bertz CT molecular complexity index is 615. The van der Waals surface area contributed by atoms with Crippen LogP contribution in [-0.2, 0) is 12.0 Å². The Labute approximate surface area is 113 Å². The van der Waals surface area contributed by atoms with Crippen molar-refractivity contribution < 1.29 is 4.74 Å². The van der Waals surface area contributed by atoms with Gasteiger partial charge in [-0.1, -0.05) is 24.3 Å². The molecule has 0 amide bonds. The van der Waals surface area contributed by atoms with Crippen LogP contribution in [-0.4, -0.2) is 13.3 Å². The summed E-state index contributed by atoms with van der Waals surface area (Å²) in [5, 5.41) is 0. The van der Waals surface area contributed by atoms with Crippen LogP contribution in [0.25, 0.3) is 0 Å². The number of rotatable bonds is 3. The third-order valence-electron chi connectivity index (χ3n) is 3.75. The van der Waals surface area contributed by atoms with Crippen molar-refractivity contribution in [1.29, 1.82) is 0 Å². The van der Waals surface area contributed by atoms with Gasteiger partial charge in [-0.15, -0.1) is 0 Å². The lowest BCUT2D eigenvalue weighted by molar-refractivity contribution is 0.415. The summed E-state index contributed by atoms with van der Waals surface area (Å²) in [5.41, 5.74) is 3.80. The molecule has 0 saturated heterocycles. The van der Waals surface area contributed by atoms with Gasteiger partial charge in [-0.05, 0) is 47.9 Å². The molecule has 0 N–H and O–H groups in total. The van der Waals surface area contributed by atoms with Gasteiger partial charge in [0, 0.05) is 12.6 Å². The van der Waals surface area contributed by atoms with Crippen LogP contribution < -0.4 is 4.74 Å². The molecular formula is C17H17NO. The number of fused-ring (bicyclic) bond motifs is 1. The predicted molar refractivity (Wildman–Crippen MR) is 78.1 cm³/mol. The van der Waals surface area contributed by atoms with E-state index in [-0.39, 0.29) is 5.54 Å². The number of benzene rings is 2. The molecule has 19 heavy (non-hydrogen) atoms. The van der Waals surface area contributed by atoms with Crippen molar-refractivity contribution in [3.63, 3.8) is 0 Å². The first kappa shape index (κ1) is 12.0. The van der Waals surface area contributed by atoms with E-state index < -0.39 is 0 Å². The number of aliphatic imine (C=N–C) groups is 1. The van der Waals surface area contributed by atoms with E-state index in [1.807, 2.05) is 30.5 Å². The summed E-state index contributed by atoms with van der Waals surface area (Å²) in [6, 6.07) is 16.5. The number of methoxy groups -OCH3 is 1. The molecule has 1 atom stereocenters. The molecule has 1 unspecified atom stereocenters. The number of hydrogen-bond donors (Lipinski definition) is 0. The lowest BCUT2D eigenvalue weighted by Gasteiger charge is -2.37. The fourth-order valence-electron chi connectivity index (χ4n) is 2.58. The van der Waals surface area contributed by atoms with E-state index in [4.69, 9.17) is 9.73 Å². The SMILES string of the molecule is COc1ccc(C=NC2(C)Cc3ccccc32)cc1. The van der Waals surface area contributed by atoms with Crippen molar-refractivity contribution in [2.24, 2.45) is 4.99 Å². The first-order valence-corrected chi connectivity index (χ1v) is 6.49. The molecule has 0 aliphatic heterocycles. The smallest absolute Gasteiger partial charge is 0.118 e. The van der Waals surface area contributed by atoms with E-state index in [1.165, 1.54) is 11.1 Å². The molecule has 3 rings (SSSR count). The second-order valence-corrected chi connectivity index (χ2v) is 5.14. The van der Waals surface area contributed by atoms with Crippen molar-refractivity contribution >= 4 is 6.21 Å². The minimum absolute atomic E-state index is 0.0590. The molecule has 2 nitrogen and oxygen atoms in total. The molecule has 1 aliphatic rings. The molecule has 2 aromatic carbocycles. The lowest BCUT2D eigenvalue weighted by Crippen LogP contribution is -2.33. The van der Waals surface area contributed by atoms with Gasteiger partial charge >= 0.3 is 0 Å². The first-order chi connectivity index (χ1) is 9.21. The zero-order valence-corrected chi connectivity index (χ0v) is 11.3. The van der Waals surface area contributed by atoms with Gasteiger partial charge in [0.05, 0.1) is 12.6 Å². The van der Waals surface area contributed by atoms with Crippen molar-refractivity contribution in [2.45, 2.75) is 18.9 Å². The second kappa shape index (κ2) is 4.54. The Balaban J connectivity index is 1.80. The highest BCUT2D eigenvalue weighted by molar-refractivity contribution is 5.80. The van der Waals surface area contributed by atoms with Gasteiger partial charge in [-0.2, -0.15) is 0 Å². The number of hydrogen-bond acceptors (Lipinski definition) is 2. The van der Waals surface area contributed by atoms with Crippen LogP contribution in [0.4, 0.5) is 0 Å². The average Bonchev–Trinajstić information content (AvgIpc) is 2.45. The quantitative estimate of drug-likeness (QED) is 0.764. The van der Waals surface area contributed by atoms with E-state index in [2.05, 4.69) is 31.2 Å². The van der Waals surface area contributed by atoms with Crippen LogP contribution in [0.2, 0.25) is 0 Å². The molecule has 0 fully saturated rings. The third kappa shape index (κ3) is 2.14. The molecule has 1 aliphatic carbocycles. The lowest BCUT2D eigenvalue weighted by atomic mass is 9.72. The highest BCUT2D eigenvalue weighted by atomic mass is 16.5. The molecule has 0 radical (unpaired) electrons. The highest BCUT2D eigenvalue weighted by Crippen LogP contribution is 2.41. The van der Waals surface area contributed by atoms with E-state index >= 15 is 0 Å². The van der Waals surface area contributed by atoms with Crippen molar-refractivity contribution in [3.8, 4) is 5.75 Å². The standard InChI is InChI=1S/C17H17NO/c1-17(11-14-5-3-4-6-16(14)17)18-12-13-7-9-15(19-2)10-8-13/h3-10,12H,11H2,1-2H3. The Hall–Kier alpha value is -2.09. The van der Waals surface area contributed by atoms with Crippen LogP contribution in [0.1, 0.15) is 23.6 Å². The topological polar surface area (TPSA) is 21.6 Å². The Morgan fingerprint density at radius 2 is 1.84 bits per heavy atom. The molecule has 0 saturated carbocycles.